The lowest BCUT2D eigenvalue weighted by Gasteiger charge is -2.26. The van der Waals surface area contributed by atoms with Crippen LogP contribution in [0.15, 0.2) is 0 Å². The first-order chi connectivity index (χ1) is 6.23. The molecule has 0 unspecified atom stereocenters. The predicted octanol–water partition coefficient (Wildman–Crippen LogP) is 0.730. The molecule has 0 saturated heterocycles. The van der Waals surface area contributed by atoms with Gasteiger partial charge in [-0.05, 0) is 12.3 Å². The van der Waals surface area contributed by atoms with Gasteiger partial charge < -0.3 is 10.5 Å². The fourth-order valence-electron chi connectivity index (χ4n) is 0.479. The van der Waals surface area contributed by atoms with Gasteiger partial charge in [0.05, 0.1) is 0 Å². The van der Waals surface area contributed by atoms with Crippen LogP contribution in [0.1, 0.15) is 27.7 Å². The van der Waals surface area contributed by atoms with E-state index in [9.17, 15) is 9.59 Å². The van der Waals surface area contributed by atoms with Gasteiger partial charge in [-0.3, -0.25) is 0 Å². The minimum atomic E-state index is -0.842. The maximum absolute atomic E-state index is 11.0. The lowest BCUT2D eigenvalue weighted by Crippen LogP contribution is -2.46. The molecule has 1 atom stereocenters. The van der Waals surface area contributed by atoms with E-state index in [1.165, 1.54) is 0 Å². The fraction of sp³-hybridized carbons (Fsp3) is 0.750. The topological polar surface area (TPSA) is 93.4 Å². The molecule has 6 nitrogen and oxygen atoms in total. The Kier molecular flexibility index (Phi) is 4.20. The number of rotatable bonds is 1. The van der Waals surface area contributed by atoms with E-state index in [4.69, 9.17) is 10.5 Å². The van der Waals surface area contributed by atoms with E-state index < -0.39 is 12.1 Å². The molecule has 0 spiro atoms. The van der Waals surface area contributed by atoms with E-state index >= 15 is 0 Å². The molecule has 0 aromatic heterocycles. The van der Waals surface area contributed by atoms with Gasteiger partial charge in [-0.1, -0.05) is 20.8 Å². The minimum Gasteiger partial charge on any atom is -0.445 e. The Morgan fingerprint density at radius 2 is 1.79 bits per heavy atom. The molecule has 82 valence electrons. The van der Waals surface area contributed by atoms with Crippen molar-refractivity contribution in [1.82, 2.24) is 10.9 Å². The van der Waals surface area contributed by atoms with Gasteiger partial charge in [0.25, 0.3) is 0 Å². The highest BCUT2D eigenvalue weighted by Gasteiger charge is 2.23. The number of amides is 3. The number of ether oxygens (including phenoxy) is 1. The van der Waals surface area contributed by atoms with Crippen molar-refractivity contribution in [2.24, 2.45) is 11.1 Å². The monoisotopic (exact) mass is 203 g/mol. The molecule has 3 amide bonds. The van der Waals surface area contributed by atoms with Gasteiger partial charge in [-0.2, -0.15) is 0 Å². The molecule has 0 saturated carbocycles. The van der Waals surface area contributed by atoms with Gasteiger partial charge in [0.15, 0.2) is 0 Å². The van der Waals surface area contributed by atoms with Crippen LogP contribution in [-0.2, 0) is 4.74 Å². The highest BCUT2D eigenvalue weighted by Crippen LogP contribution is 2.21. The summed E-state index contributed by atoms with van der Waals surface area (Å²) in [6.07, 6.45) is -0.997. The van der Waals surface area contributed by atoms with E-state index in [-0.39, 0.29) is 11.5 Å². The van der Waals surface area contributed by atoms with Crippen LogP contribution in [-0.4, -0.2) is 18.2 Å². The molecular weight excluding hydrogens is 186 g/mol. The first kappa shape index (κ1) is 12.5. The van der Waals surface area contributed by atoms with E-state index in [2.05, 4.69) is 0 Å². The second kappa shape index (κ2) is 4.69. The third-order valence-electron chi connectivity index (χ3n) is 1.79. The maximum Gasteiger partial charge on any atom is 0.426 e. The van der Waals surface area contributed by atoms with Crippen molar-refractivity contribution >= 4 is 12.1 Å². The summed E-state index contributed by atoms with van der Waals surface area (Å²) in [5.74, 6) is 0. The first-order valence-electron chi connectivity index (χ1n) is 4.25. The Bertz CT molecular complexity index is 222. The molecule has 6 heteroatoms. The molecule has 0 aliphatic carbocycles. The number of hydrogen-bond donors (Lipinski definition) is 3. The predicted molar refractivity (Wildman–Crippen MR) is 51.3 cm³/mol. The van der Waals surface area contributed by atoms with Crippen LogP contribution in [0.5, 0.6) is 0 Å². The fourth-order valence-corrected chi connectivity index (χ4v) is 0.479. The Labute approximate surface area is 83.1 Å². The maximum atomic E-state index is 11.0. The lowest BCUT2D eigenvalue weighted by molar-refractivity contribution is 0.0421. The average molecular weight is 203 g/mol. The lowest BCUT2D eigenvalue weighted by atomic mass is 9.90. The van der Waals surface area contributed by atoms with Gasteiger partial charge in [0, 0.05) is 0 Å². The molecule has 0 aromatic rings. The standard InChI is InChI=1S/C8H17N3O3/c1-5(8(2,3)4)14-7(13)11-10-6(9)12/h5H,1-4H3,(H,11,13)(H3,9,10,12)/t5-/m1/s1. The van der Waals surface area contributed by atoms with Crippen molar-refractivity contribution in [3.8, 4) is 0 Å². The zero-order valence-electron chi connectivity index (χ0n) is 8.88. The normalized spacial score (nSPS) is 12.9. The van der Waals surface area contributed by atoms with Gasteiger partial charge in [0.2, 0.25) is 0 Å². The van der Waals surface area contributed by atoms with Crippen LogP contribution in [0.4, 0.5) is 9.59 Å². The second-order valence-electron chi connectivity index (χ2n) is 4.03. The second-order valence-corrected chi connectivity index (χ2v) is 4.03. The molecule has 0 fully saturated rings. The van der Waals surface area contributed by atoms with Gasteiger partial charge in [0.1, 0.15) is 6.10 Å². The zero-order chi connectivity index (χ0) is 11.4. The first-order valence-corrected chi connectivity index (χ1v) is 4.25. The van der Waals surface area contributed by atoms with Crippen LogP contribution >= 0.6 is 0 Å². The van der Waals surface area contributed by atoms with Crippen molar-refractivity contribution in [3.63, 3.8) is 0 Å². The number of hydrogen-bond acceptors (Lipinski definition) is 3. The SMILES string of the molecule is C[C@@H](OC(=O)NNC(N)=O)C(C)(C)C. The number of carbonyl (C=O) groups is 2. The van der Waals surface area contributed by atoms with Crippen molar-refractivity contribution in [2.45, 2.75) is 33.8 Å². The molecule has 0 radical (unpaired) electrons. The Morgan fingerprint density at radius 1 is 1.29 bits per heavy atom. The third-order valence-corrected chi connectivity index (χ3v) is 1.79. The summed E-state index contributed by atoms with van der Waals surface area (Å²) < 4.78 is 4.94. The van der Waals surface area contributed by atoms with E-state index in [1.807, 2.05) is 31.6 Å². The Morgan fingerprint density at radius 3 is 2.14 bits per heavy atom. The summed E-state index contributed by atoms with van der Waals surface area (Å²) in [5, 5.41) is 0. The summed E-state index contributed by atoms with van der Waals surface area (Å²) >= 11 is 0. The van der Waals surface area contributed by atoms with E-state index in [0.717, 1.165) is 0 Å². The molecule has 4 N–H and O–H groups in total. The molecule has 14 heavy (non-hydrogen) atoms. The smallest absolute Gasteiger partial charge is 0.426 e. The number of carbonyl (C=O) groups excluding carboxylic acids is 2. The molecular formula is C8H17N3O3. The number of nitrogens with one attached hydrogen (secondary N) is 2. The summed E-state index contributed by atoms with van der Waals surface area (Å²) in [6, 6.07) is -0.842. The number of primary amides is 1. The van der Waals surface area contributed by atoms with Crippen molar-refractivity contribution in [3.05, 3.63) is 0 Å². The van der Waals surface area contributed by atoms with Crippen LogP contribution in [0, 0.1) is 5.41 Å². The molecule has 0 aromatic carbocycles. The zero-order valence-corrected chi connectivity index (χ0v) is 8.88. The number of urea groups is 1. The molecule has 0 bridgehead atoms. The molecule has 0 aliphatic rings. The van der Waals surface area contributed by atoms with Gasteiger partial charge >= 0.3 is 12.1 Å². The molecule has 0 rings (SSSR count). The highest BCUT2D eigenvalue weighted by molar-refractivity contribution is 5.76. The Hall–Kier alpha value is -1.46. The Balaban J connectivity index is 3.89. The van der Waals surface area contributed by atoms with Crippen molar-refractivity contribution in [1.29, 1.82) is 0 Å². The van der Waals surface area contributed by atoms with E-state index in [0.29, 0.717) is 0 Å². The van der Waals surface area contributed by atoms with Crippen LogP contribution in [0.3, 0.4) is 0 Å². The summed E-state index contributed by atoms with van der Waals surface area (Å²) in [5.41, 5.74) is 8.50. The highest BCUT2D eigenvalue weighted by atomic mass is 16.6. The molecule has 0 heterocycles. The average Bonchev–Trinajstić information content (AvgIpc) is 1.99. The van der Waals surface area contributed by atoms with Gasteiger partial charge in [-0.25, -0.2) is 20.4 Å². The van der Waals surface area contributed by atoms with Gasteiger partial charge in [-0.15, -0.1) is 0 Å². The summed E-state index contributed by atoms with van der Waals surface area (Å²) in [4.78, 5) is 21.2. The summed E-state index contributed by atoms with van der Waals surface area (Å²) in [6.45, 7) is 7.58. The van der Waals surface area contributed by atoms with Crippen molar-refractivity contribution in [2.75, 3.05) is 0 Å². The minimum absolute atomic E-state index is 0.149. The van der Waals surface area contributed by atoms with Crippen molar-refractivity contribution < 1.29 is 14.3 Å². The van der Waals surface area contributed by atoms with Crippen LogP contribution in [0.2, 0.25) is 0 Å². The number of hydrazine groups is 1. The van der Waals surface area contributed by atoms with Crippen LogP contribution < -0.4 is 16.6 Å². The number of nitrogens with two attached hydrogens (primary N) is 1. The third kappa shape index (κ3) is 5.23. The van der Waals surface area contributed by atoms with E-state index in [1.54, 1.807) is 6.92 Å². The van der Waals surface area contributed by atoms with Crippen LogP contribution in [0.25, 0.3) is 0 Å². The largest absolute Gasteiger partial charge is 0.445 e. The quantitative estimate of drug-likeness (QED) is 0.548. The summed E-state index contributed by atoms with van der Waals surface area (Å²) in [7, 11) is 0. The molecule has 0 aliphatic heterocycles.